The average molecular weight is 438 g/mol. The smallest absolute Gasteiger partial charge is 0.199 e. The van der Waals surface area contributed by atoms with E-state index >= 15 is 0 Å². The predicted octanol–water partition coefficient (Wildman–Crippen LogP) is 2.41. The number of anilines is 1. The van der Waals surface area contributed by atoms with Crippen LogP contribution in [-0.2, 0) is 20.0 Å². The third kappa shape index (κ3) is 3.40. The standard InChI is InChI=1S/C17H22N6.HI/c1-12-20-21-16(22(12)2)11-18-17(19-14-7-8-14)23-10-9-13-5-3-4-6-15(13)23;/h3-6,14H,7-11H2,1-2H3,(H,18,19);1H. The van der Waals surface area contributed by atoms with E-state index in [1.54, 1.807) is 0 Å². The van der Waals surface area contributed by atoms with Crippen LogP contribution in [0.1, 0.15) is 30.1 Å². The minimum atomic E-state index is 0. The number of aromatic nitrogens is 3. The fourth-order valence-corrected chi connectivity index (χ4v) is 2.91. The molecule has 0 amide bonds. The Morgan fingerprint density at radius 1 is 1.29 bits per heavy atom. The molecule has 7 heteroatoms. The first kappa shape index (κ1) is 17.2. The summed E-state index contributed by atoms with van der Waals surface area (Å²) in [4.78, 5) is 7.14. The maximum atomic E-state index is 4.84. The van der Waals surface area contributed by atoms with Crippen LogP contribution in [0, 0.1) is 6.92 Å². The van der Waals surface area contributed by atoms with Crippen molar-refractivity contribution < 1.29 is 0 Å². The zero-order valence-corrected chi connectivity index (χ0v) is 16.4. The van der Waals surface area contributed by atoms with Crippen molar-refractivity contribution >= 4 is 35.6 Å². The molecule has 4 rings (SSSR count). The lowest BCUT2D eigenvalue weighted by molar-refractivity contribution is 0.763. The summed E-state index contributed by atoms with van der Waals surface area (Å²) in [5, 5.41) is 11.9. The Kier molecular flexibility index (Phi) is 5.07. The van der Waals surface area contributed by atoms with Gasteiger partial charge in [0.25, 0.3) is 0 Å². The third-order valence-electron chi connectivity index (χ3n) is 4.61. The van der Waals surface area contributed by atoms with E-state index in [0.717, 1.165) is 30.6 Å². The molecule has 0 spiro atoms. The highest BCUT2D eigenvalue weighted by atomic mass is 127. The Bertz CT molecular complexity index is 749. The molecule has 0 unspecified atom stereocenters. The van der Waals surface area contributed by atoms with Gasteiger partial charge in [0, 0.05) is 25.3 Å². The van der Waals surface area contributed by atoms with Crippen molar-refractivity contribution in [3.8, 4) is 0 Å². The number of halogens is 1. The van der Waals surface area contributed by atoms with Crippen LogP contribution in [0.2, 0.25) is 0 Å². The SMILES string of the molecule is Cc1nnc(CN=C(NC2CC2)N2CCc3ccccc32)n1C.I. The zero-order chi connectivity index (χ0) is 15.8. The Morgan fingerprint density at radius 3 is 2.79 bits per heavy atom. The monoisotopic (exact) mass is 438 g/mol. The van der Waals surface area contributed by atoms with Crippen LogP contribution in [-0.4, -0.2) is 33.3 Å². The summed E-state index contributed by atoms with van der Waals surface area (Å²) in [6, 6.07) is 9.16. The highest BCUT2D eigenvalue weighted by molar-refractivity contribution is 14.0. The molecule has 1 aromatic heterocycles. The van der Waals surface area contributed by atoms with E-state index in [1.807, 2.05) is 18.5 Å². The number of nitrogens with one attached hydrogen (secondary N) is 1. The fourth-order valence-electron chi connectivity index (χ4n) is 2.91. The number of rotatable bonds is 3. The number of hydrogen-bond acceptors (Lipinski definition) is 3. The molecule has 0 saturated heterocycles. The minimum absolute atomic E-state index is 0. The van der Waals surface area contributed by atoms with Gasteiger partial charge in [0.15, 0.2) is 11.8 Å². The van der Waals surface area contributed by atoms with Gasteiger partial charge in [-0.15, -0.1) is 34.2 Å². The molecule has 0 atom stereocenters. The molecule has 0 radical (unpaired) electrons. The van der Waals surface area contributed by atoms with Crippen LogP contribution < -0.4 is 10.2 Å². The second-order valence-corrected chi connectivity index (χ2v) is 6.31. The molecular formula is C17H23IN6. The molecule has 2 aromatic rings. The number of benzene rings is 1. The van der Waals surface area contributed by atoms with Gasteiger partial charge in [-0.2, -0.15) is 0 Å². The Balaban J connectivity index is 0.00000169. The molecule has 1 aliphatic carbocycles. The highest BCUT2D eigenvalue weighted by Gasteiger charge is 2.28. The van der Waals surface area contributed by atoms with Crippen LogP contribution >= 0.6 is 24.0 Å². The van der Waals surface area contributed by atoms with Gasteiger partial charge in [-0.1, -0.05) is 18.2 Å². The van der Waals surface area contributed by atoms with Crippen molar-refractivity contribution in [3.63, 3.8) is 0 Å². The summed E-state index contributed by atoms with van der Waals surface area (Å²) in [5.74, 6) is 2.78. The number of nitrogens with zero attached hydrogens (tertiary/aromatic N) is 5. The van der Waals surface area contributed by atoms with Crippen LogP contribution in [0.4, 0.5) is 5.69 Å². The van der Waals surface area contributed by atoms with E-state index in [0.29, 0.717) is 12.6 Å². The first-order valence-corrected chi connectivity index (χ1v) is 8.23. The Morgan fingerprint density at radius 2 is 2.08 bits per heavy atom. The molecule has 2 aliphatic rings. The maximum Gasteiger partial charge on any atom is 0.199 e. The van der Waals surface area contributed by atoms with Gasteiger partial charge in [0.1, 0.15) is 12.4 Å². The number of fused-ring (bicyclic) bond motifs is 1. The lowest BCUT2D eigenvalue weighted by Gasteiger charge is -2.22. The molecule has 1 saturated carbocycles. The van der Waals surface area contributed by atoms with Crippen LogP contribution in [0.3, 0.4) is 0 Å². The van der Waals surface area contributed by atoms with Gasteiger partial charge in [-0.05, 0) is 37.8 Å². The molecule has 1 fully saturated rings. The average Bonchev–Trinajstić information content (AvgIpc) is 3.20. The fraction of sp³-hybridized carbons (Fsp3) is 0.471. The van der Waals surface area contributed by atoms with E-state index in [2.05, 4.69) is 44.7 Å². The molecule has 0 bridgehead atoms. The largest absolute Gasteiger partial charge is 0.353 e. The molecule has 1 N–H and O–H groups in total. The summed E-state index contributed by atoms with van der Waals surface area (Å²) in [6.45, 7) is 3.49. The number of para-hydroxylation sites is 1. The van der Waals surface area contributed by atoms with E-state index < -0.39 is 0 Å². The van der Waals surface area contributed by atoms with Gasteiger partial charge in [-0.3, -0.25) is 0 Å². The molecule has 128 valence electrons. The minimum Gasteiger partial charge on any atom is -0.353 e. The third-order valence-corrected chi connectivity index (χ3v) is 4.61. The lowest BCUT2D eigenvalue weighted by atomic mass is 10.2. The Labute approximate surface area is 159 Å². The van der Waals surface area contributed by atoms with E-state index in [4.69, 9.17) is 4.99 Å². The van der Waals surface area contributed by atoms with Gasteiger partial charge in [0.05, 0.1) is 0 Å². The highest BCUT2D eigenvalue weighted by Crippen LogP contribution is 2.28. The number of guanidine groups is 1. The first-order chi connectivity index (χ1) is 11.2. The first-order valence-electron chi connectivity index (χ1n) is 8.23. The van der Waals surface area contributed by atoms with E-state index in [9.17, 15) is 0 Å². The van der Waals surface area contributed by atoms with Crippen LogP contribution in [0.5, 0.6) is 0 Å². The molecule has 6 nitrogen and oxygen atoms in total. The van der Waals surface area contributed by atoms with Gasteiger partial charge in [-0.25, -0.2) is 4.99 Å². The van der Waals surface area contributed by atoms with Crippen molar-refractivity contribution in [2.75, 3.05) is 11.4 Å². The second-order valence-electron chi connectivity index (χ2n) is 6.31. The molecular weight excluding hydrogens is 415 g/mol. The quantitative estimate of drug-likeness (QED) is 0.455. The van der Waals surface area contributed by atoms with E-state index in [1.165, 1.54) is 24.1 Å². The van der Waals surface area contributed by atoms with E-state index in [-0.39, 0.29) is 24.0 Å². The molecule has 1 aromatic carbocycles. The van der Waals surface area contributed by atoms with Crippen molar-refractivity contribution in [2.45, 2.75) is 38.8 Å². The number of aryl methyl sites for hydroxylation is 1. The van der Waals surface area contributed by atoms with Gasteiger partial charge < -0.3 is 14.8 Å². The van der Waals surface area contributed by atoms with Gasteiger partial charge in [0.2, 0.25) is 0 Å². The van der Waals surface area contributed by atoms with Gasteiger partial charge >= 0.3 is 0 Å². The summed E-state index contributed by atoms with van der Waals surface area (Å²) < 4.78 is 2.00. The number of hydrogen-bond donors (Lipinski definition) is 1. The van der Waals surface area contributed by atoms with Crippen LogP contribution in [0.15, 0.2) is 29.3 Å². The van der Waals surface area contributed by atoms with Crippen LogP contribution in [0.25, 0.3) is 0 Å². The number of aliphatic imine (C=N–C) groups is 1. The van der Waals surface area contributed by atoms with Crippen molar-refractivity contribution in [2.24, 2.45) is 12.0 Å². The van der Waals surface area contributed by atoms with Crippen molar-refractivity contribution in [1.29, 1.82) is 0 Å². The molecule has 1 aliphatic heterocycles. The summed E-state index contributed by atoms with van der Waals surface area (Å²) in [5.41, 5.74) is 2.67. The maximum absolute atomic E-state index is 4.84. The van der Waals surface area contributed by atoms with Crippen molar-refractivity contribution in [1.82, 2.24) is 20.1 Å². The topological polar surface area (TPSA) is 58.3 Å². The molecule has 24 heavy (non-hydrogen) atoms. The summed E-state index contributed by atoms with van der Waals surface area (Å²) in [6.07, 6.45) is 3.54. The predicted molar refractivity (Wildman–Crippen MR) is 106 cm³/mol. The second kappa shape index (κ2) is 7.08. The Hall–Kier alpha value is -1.64. The summed E-state index contributed by atoms with van der Waals surface area (Å²) in [7, 11) is 1.99. The zero-order valence-electron chi connectivity index (χ0n) is 14.1. The molecule has 2 heterocycles. The van der Waals surface area contributed by atoms with Crippen molar-refractivity contribution in [3.05, 3.63) is 41.5 Å². The normalized spacial score (nSPS) is 16.8. The lowest BCUT2D eigenvalue weighted by Crippen LogP contribution is -2.41. The summed E-state index contributed by atoms with van der Waals surface area (Å²) >= 11 is 0.